The molecule has 0 saturated heterocycles. The number of aryl methyl sites for hydroxylation is 1. The number of nitriles is 1. The number of anilines is 1. The lowest BCUT2D eigenvalue weighted by atomic mass is 10.1. The minimum Gasteiger partial charge on any atom is -0.319 e. The van der Waals surface area contributed by atoms with Crippen LogP contribution in [-0.2, 0) is 12.7 Å². The van der Waals surface area contributed by atoms with E-state index < -0.39 is 17.8 Å². The first-order valence-corrected chi connectivity index (χ1v) is 10.7. The second kappa shape index (κ2) is 8.87. The Morgan fingerprint density at radius 2 is 1.97 bits per heavy atom. The van der Waals surface area contributed by atoms with E-state index in [4.69, 9.17) is 5.26 Å². The highest BCUT2D eigenvalue weighted by Gasteiger charge is 2.34. The highest BCUT2D eigenvalue weighted by atomic mass is 79.9. The predicted molar refractivity (Wildman–Crippen MR) is 122 cm³/mol. The summed E-state index contributed by atoms with van der Waals surface area (Å²) >= 11 is 3.29. The molecule has 0 aliphatic rings. The zero-order valence-corrected chi connectivity index (χ0v) is 19.5. The van der Waals surface area contributed by atoms with Crippen LogP contribution < -0.4 is 5.32 Å². The first-order chi connectivity index (χ1) is 16.1. The maximum absolute atomic E-state index is 13.4. The molecule has 0 saturated carbocycles. The van der Waals surface area contributed by atoms with Gasteiger partial charge in [0.05, 0.1) is 34.7 Å². The molecule has 0 bridgehead atoms. The zero-order chi connectivity index (χ0) is 24.6. The number of alkyl halides is 3. The van der Waals surface area contributed by atoms with Crippen molar-refractivity contribution >= 4 is 38.4 Å². The maximum atomic E-state index is 13.4. The van der Waals surface area contributed by atoms with Crippen LogP contribution in [0.3, 0.4) is 0 Å². The molecular weight excluding hydrogens is 513 g/mol. The summed E-state index contributed by atoms with van der Waals surface area (Å²) in [5, 5.41) is 16.3. The van der Waals surface area contributed by atoms with Crippen LogP contribution in [0.25, 0.3) is 10.9 Å². The molecule has 34 heavy (non-hydrogen) atoms. The summed E-state index contributed by atoms with van der Waals surface area (Å²) in [6.45, 7) is 3.78. The van der Waals surface area contributed by atoms with E-state index >= 15 is 0 Å². The van der Waals surface area contributed by atoms with Gasteiger partial charge in [-0.1, -0.05) is 22.0 Å². The number of aromatic nitrogens is 4. The van der Waals surface area contributed by atoms with Crippen molar-refractivity contribution in [3.63, 3.8) is 0 Å². The van der Waals surface area contributed by atoms with Gasteiger partial charge >= 0.3 is 6.18 Å². The third-order valence-corrected chi connectivity index (χ3v) is 5.69. The predicted octanol–water partition coefficient (Wildman–Crippen LogP) is 5.40. The molecule has 0 unspecified atom stereocenters. The van der Waals surface area contributed by atoms with Gasteiger partial charge in [-0.3, -0.25) is 9.48 Å². The number of carbonyl (C=O) groups is 1. The number of benzene rings is 1. The van der Waals surface area contributed by atoms with E-state index in [0.29, 0.717) is 33.8 Å². The quantitative estimate of drug-likeness (QED) is 0.382. The molecular formula is C23H16BrF3N6O. The second-order valence-electron chi connectivity index (χ2n) is 7.54. The molecule has 0 spiro atoms. The van der Waals surface area contributed by atoms with Gasteiger partial charge in [-0.25, -0.2) is 9.97 Å². The number of rotatable bonds is 4. The van der Waals surface area contributed by atoms with Crippen LogP contribution in [0, 0.1) is 25.2 Å². The minimum absolute atomic E-state index is 0.0561. The summed E-state index contributed by atoms with van der Waals surface area (Å²) in [4.78, 5) is 20.9. The van der Waals surface area contributed by atoms with Crippen molar-refractivity contribution in [2.24, 2.45) is 0 Å². The average molecular weight is 529 g/mol. The van der Waals surface area contributed by atoms with Crippen LogP contribution in [-0.4, -0.2) is 25.7 Å². The molecule has 0 fully saturated rings. The number of nitrogens with one attached hydrogen (secondary N) is 1. The van der Waals surface area contributed by atoms with Gasteiger partial charge in [0.1, 0.15) is 17.5 Å². The lowest BCUT2D eigenvalue weighted by Gasteiger charge is -2.13. The Morgan fingerprint density at radius 1 is 1.21 bits per heavy atom. The summed E-state index contributed by atoms with van der Waals surface area (Å²) in [5.74, 6) is -0.707. The van der Waals surface area contributed by atoms with E-state index in [1.807, 2.05) is 6.07 Å². The van der Waals surface area contributed by atoms with Crippen molar-refractivity contribution in [1.29, 1.82) is 5.26 Å². The van der Waals surface area contributed by atoms with Crippen molar-refractivity contribution in [2.75, 3.05) is 5.32 Å². The second-order valence-corrected chi connectivity index (χ2v) is 8.45. The van der Waals surface area contributed by atoms with Crippen molar-refractivity contribution in [2.45, 2.75) is 26.6 Å². The zero-order valence-electron chi connectivity index (χ0n) is 17.9. The number of halogens is 4. The number of nitrogens with zero attached hydrogens (tertiary/aromatic N) is 5. The number of carbonyl (C=O) groups excluding carboxylic acids is 1. The Balaban J connectivity index is 1.69. The maximum Gasteiger partial charge on any atom is 0.433 e. The molecule has 172 valence electrons. The third kappa shape index (κ3) is 4.63. The Bertz CT molecular complexity index is 1460. The van der Waals surface area contributed by atoms with Crippen molar-refractivity contribution in [1.82, 2.24) is 19.7 Å². The van der Waals surface area contributed by atoms with E-state index in [2.05, 4.69) is 36.3 Å². The molecule has 1 aromatic carbocycles. The molecule has 0 aliphatic carbocycles. The molecule has 1 amide bonds. The molecule has 0 aliphatic heterocycles. The van der Waals surface area contributed by atoms with Gasteiger partial charge in [-0.2, -0.15) is 23.5 Å². The molecule has 3 aromatic heterocycles. The molecule has 4 rings (SSSR count). The van der Waals surface area contributed by atoms with Crippen LogP contribution in [0.4, 0.5) is 18.9 Å². The minimum atomic E-state index is -4.71. The van der Waals surface area contributed by atoms with Crippen LogP contribution in [0.15, 0.2) is 47.1 Å². The molecule has 4 aromatic rings. The molecule has 11 heteroatoms. The van der Waals surface area contributed by atoms with E-state index in [-0.39, 0.29) is 16.5 Å². The number of pyridine rings is 2. The first-order valence-electron chi connectivity index (χ1n) is 9.94. The Hall–Kier alpha value is -3.78. The Labute approximate surface area is 200 Å². The van der Waals surface area contributed by atoms with E-state index in [1.165, 1.54) is 6.07 Å². The fourth-order valence-electron chi connectivity index (χ4n) is 3.50. The summed E-state index contributed by atoms with van der Waals surface area (Å²) in [6.07, 6.45) is -3.14. The van der Waals surface area contributed by atoms with Gasteiger partial charge in [0.15, 0.2) is 0 Å². The summed E-state index contributed by atoms with van der Waals surface area (Å²) in [5.41, 5.74) is 1.36. The number of hydrogen-bond donors (Lipinski definition) is 1. The normalized spacial score (nSPS) is 11.4. The lowest BCUT2D eigenvalue weighted by molar-refractivity contribution is -0.140. The summed E-state index contributed by atoms with van der Waals surface area (Å²) in [7, 11) is 0. The fraction of sp³-hybridized carbons (Fsp3) is 0.174. The SMILES string of the molecule is Cc1nn(Cc2ccc(C#N)nc2)c(C)c1NC(=O)c1cc(C(F)(F)F)nc2ccc(Br)cc12. The lowest BCUT2D eigenvalue weighted by Crippen LogP contribution is -2.17. The third-order valence-electron chi connectivity index (χ3n) is 5.20. The number of hydrogen-bond acceptors (Lipinski definition) is 5. The molecule has 0 atom stereocenters. The monoisotopic (exact) mass is 528 g/mol. The van der Waals surface area contributed by atoms with Gasteiger partial charge in [0, 0.05) is 16.1 Å². The highest BCUT2D eigenvalue weighted by Crippen LogP contribution is 2.32. The number of fused-ring (bicyclic) bond motifs is 1. The van der Waals surface area contributed by atoms with Gasteiger partial charge < -0.3 is 5.32 Å². The van der Waals surface area contributed by atoms with E-state index in [0.717, 1.165) is 11.6 Å². The van der Waals surface area contributed by atoms with E-state index in [1.54, 1.807) is 49.0 Å². The van der Waals surface area contributed by atoms with Crippen molar-refractivity contribution in [3.05, 3.63) is 81.0 Å². The highest BCUT2D eigenvalue weighted by molar-refractivity contribution is 9.10. The molecule has 0 radical (unpaired) electrons. The van der Waals surface area contributed by atoms with Crippen LogP contribution in [0.5, 0.6) is 0 Å². The standard InChI is InChI=1S/C23H16BrF3N6O/c1-12-21(13(2)33(32-12)11-14-3-5-16(9-28)29-10-14)31-22(34)18-8-20(23(25,26)27)30-19-6-4-15(24)7-17(18)19/h3-8,10H,11H2,1-2H3,(H,31,34). The van der Waals surface area contributed by atoms with E-state index in [9.17, 15) is 18.0 Å². The summed E-state index contributed by atoms with van der Waals surface area (Å²) < 4.78 is 42.5. The Kier molecular flexibility index (Phi) is 6.10. The first kappa shape index (κ1) is 23.4. The van der Waals surface area contributed by atoms with Crippen molar-refractivity contribution < 1.29 is 18.0 Å². The number of amides is 1. The topological polar surface area (TPSA) is 96.5 Å². The molecule has 7 nitrogen and oxygen atoms in total. The van der Waals surface area contributed by atoms with Gasteiger partial charge in [-0.15, -0.1) is 0 Å². The summed E-state index contributed by atoms with van der Waals surface area (Å²) in [6, 6.07) is 10.6. The smallest absolute Gasteiger partial charge is 0.319 e. The van der Waals surface area contributed by atoms with Crippen LogP contribution in [0.2, 0.25) is 0 Å². The molecule has 1 N–H and O–H groups in total. The van der Waals surface area contributed by atoms with Crippen LogP contribution >= 0.6 is 15.9 Å². The van der Waals surface area contributed by atoms with Gasteiger partial charge in [0.25, 0.3) is 5.91 Å². The fourth-order valence-corrected chi connectivity index (χ4v) is 3.86. The van der Waals surface area contributed by atoms with Crippen LogP contribution in [0.1, 0.15) is 38.7 Å². The van der Waals surface area contributed by atoms with Gasteiger partial charge in [0.2, 0.25) is 0 Å². The van der Waals surface area contributed by atoms with Crippen molar-refractivity contribution in [3.8, 4) is 6.07 Å². The molecule has 3 heterocycles. The largest absolute Gasteiger partial charge is 0.433 e. The average Bonchev–Trinajstić information content (AvgIpc) is 3.05. The Morgan fingerprint density at radius 3 is 2.62 bits per heavy atom. The van der Waals surface area contributed by atoms with Gasteiger partial charge in [-0.05, 0) is 49.7 Å².